The van der Waals surface area contributed by atoms with Crippen LogP contribution in [-0.2, 0) is 5.41 Å². The van der Waals surface area contributed by atoms with Crippen LogP contribution in [0.1, 0.15) is 91.0 Å². The first-order valence-corrected chi connectivity index (χ1v) is 9.69. The van der Waals surface area contributed by atoms with Gasteiger partial charge in [-0.1, -0.05) is 71.9 Å². The lowest BCUT2D eigenvalue weighted by molar-refractivity contribution is 0.0853. The summed E-state index contributed by atoms with van der Waals surface area (Å²) < 4.78 is 0. The topological polar surface area (TPSA) is 20.2 Å². The Morgan fingerprint density at radius 1 is 0.957 bits per heavy atom. The third-order valence-corrected chi connectivity index (χ3v) is 6.74. The standard InChI is InChI=1S/C22H36O/c1-5-6-7-8-9-18(2)21(3)14-16-22(4,17-15-21)19-10-12-20(23)13-11-19/h10-13,18,23H,5-9,14-17H2,1-4H3. The Balaban J connectivity index is 1.92. The molecule has 1 aromatic rings. The third kappa shape index (κ3) is 4.52. The number of aromatic hydroxyl groups is 1. The van der Waals surface area contributed by atoms with Gasteiger partial charge in [0.25, 0.3) is 0 Å². The van der Waals surface area contributed by atoms with Crippen LogP contribution in [0.4, 0.5) is 0 Å². The van der Waals surface area contributed by atoms with E-state index in [1.54, 1.807) is 0 Å². The number of rotatable bonds is 7. The van der Waals surface area contributed by atoms with Gasteiger partial charge < -0.3 is 5.11 Å². The van der Waals surface area contributed by atoms with Crippen LogP contribution < -0.4 is 0 Å². The lowest BCUT2D eigenvalue weighted by atomic mass is 9.58. The molecule has 130 valence electrons. The molecular formula is C22H36O. The molecule has 0 amide bonds. The second-order valence-corrected chi connectivity index (χ2v) is 8.51. The van der Waals surface area contributed by atoms with Crippen molar-refractivity contribution in [2.45, 2.75) is 90.9 Å². The van der Waals surface area contributed by atoms with Gasteiger partial charge in [-0.2, -0.15) is 0 Å². The number of unbranched alkanes of at least 4 members (excludes halogenated alkanes) is 3. The molecule has 0 saturated heterocycles. The summed E-state index contributed by atoms with van der Waals surface area (Å²) >= 11 is 0. The van der Waals surface area contributed by atoms with Crippen molar-refractivity contribution in [2.75, 3.05) is 0 Å². The summed E-state index contributed by atoms with van der Waals surface area (Å²) in [4.78, 5) is 0. The summed E-state index contributed by atoms with van der Waals surface area (Å²) in [5, 5.41) is 9.52. The molecule has 0 heterocycles. The van der Waals surface area contributed by atoms with Gasteiger partial charge in [-0.15, -0.1) is 0 Å². The van der Waals surface area contributed by atoms with Crippen LogP contribution in [0.5, 0.6) is 5.75 Å². The highest BCUT2D eigenvalue weighted by Gasteiger charge is 2.40. The van der Waals surface area contributed by atoms with Crippen molar-refractivity contribution in [2.24, 2.45) is 11.3 Å². The zero-order valence-corrected chi connectivity index (χ0v) is 15.7. The molecule has 1 aromatic carbocycles. The van der Waals surface area contributed by atoms with E-state index in [2.05, 4.69) is 39.8 Å². The Morgan fingerprint density at radius 2 is 1.57 bits per heavy atom. The van der Waals surface area contributed by atoms with E-state index in [1.807, 2.05) is 12.1 Å². The van der Waals surface area contributed by atoms with Crippen molar-refractivity contribution in [3.63, 3.8) is 0 Å². The molecule has 1 fully saturated rings. The van der Waals surface area contributed by atoms with Crippen LogP contribution >= 0.6 is 0 Å². The van der Waals surface area contributed by atoms with Crippen molar-refractivity contribution in [1.82, 2.24) is 0 Å². The highest BCUT2D eigenvalue weighted by Crippen LogP contribution is 2.51. The monoisotopic (exact) mass is 316 g/mol. The van der Waals surface area contributed by atoms with Crippen molar-refractivity contribution in [3.05, 3.63) is 29.8 Å². The first kappa shape index (κ1) is 18.4. The van der Waals surface area contributed by atoms with E-state index < -0.39 is 0 Å². The molecule has 0 bridgehead atoms. The zero-order valence-electron chi connectivity index (χ0n) is 15.7. The Labute approximate surface area is 143 Å². The minimum atomic E-state index is 0.287. The van der Waals surface area contributed by atoms with E-state index in [9.17, 15) is 5.11 Å². The predicted octanol–water partition coefficient (Wildman–Crippen LogP) is 6.84. The van der Waals surface area contributed by atoms with E-state index in [0.29, 0.717) is 11.2 Å². The second kappa shape index (κ2) is 7.73. The molecule has 0 spiro atoms. The van der Waals surface area contributed by atoms with E-state index in [4.69, 9.17) is 0 Å². The molecule has 0 aromatic heterocycles. The summed E-state index contributed by atoms with van der Waals surface area (Å²) in [6.07, 6.45) is 12.1. The molecule has 1 atom stereocenters. The van der Waals surface area contributed by atoms with Gasteiger partial charge in [0.05, 0.1) is 0 Å². The quantitative estimate of drug-likeness (QED) is 0.546. The fourth-order valence-electron chi connectivity index (χ4n) is 4.24. The molecule has 2 rings (SSSR count). The maximum absolute atomic E-state index is 9.52. The molecule has 23 heavy (non-hydrogen) atoms. The molecule has 1 saturated carbocycles. The largest absolute Gasteiger partial charge is 0.508 e. The van der Waals surface area contributed by atoms with Crippen LogP contribution in [0, 0.1) is 11.3 Å². The minimum Gasteiger partial charge on any atom is -0.508 e. The van der Waals surface area contributed by atoms with Gasteiger partial charge in [-0.05, 0) is 60.1 Å². The van der Waals surface area contributed by atoms with E-state index in [0.717, 1.165) is 5.92 Å². The van der Waals surface area contributed by atoms with E-state index >= 15 is 0 Å². The van der Waals surface area contributed by atoms with Crippen molar-refractivity contribution < 1.29 is 5.11 Å². The molecule has 1 aliphatic carbocycles. The first-order valence-electron chi connectivity index (χ1n) is 9.69. The normalized spacial score (nSPS) is 29.4. The SMILES string of the molecule is CCCCCCC(C)C1(C)CCC(C)(c2ccc(O)cc2)CC1. The van der Waals surface area contributed by atoms with Crippen molar-refractivity contribution in [3.8, 4) is 5.75 Å². The highest BCUT2D eigenvalue weighted by atomic mass is 16.3. The van der Waals surface area contributed by atoms with Gasteiger partial charge in [0, 0.05) is 0 Å². The average Bonchev–Trinajstić information content (AvgIpc) is 2.55. The second-order valence-electron chi connectivity index (χ2n) is 8.51. The Bertz CT molecular complexity index is 465. The van der Waals surface area contributed by atoms with E-state index in [1.165, 1.54) is 63.4 Å². The molecule has 1 nitrogen and oxygen atoms in total. The predicted molar refractivity (Wildman–Crippen MR) is 100.0 cm³/mol. The average molecular weight is 317 g/mol. The lowest BCUT2D eigenvalue weighted by Gasteiger charge is -2.46. The molecule has 1 unspecified atom stereocenters. The van der Waals surface area contributed by atoms with Crippen LogP contribution in [0.2, 0.25) is 0 Å². The smallest absolute Gasteiger partial charge is 0.115 e. The number of benzene rings is 1. The van der Waals surface area contributed by atoms with Crippen LogP contribution in [0.25, 0.3) is 0 Å². The zero-order chi connectivity index (χ0) is 16.9. The molecule has 0 aliphatic heterocycles. The molecule has 1 N–H and O–H groups in total. The fraction of sp³-hybridized carbons (Fsp3) is 0.727. The first-order chi connectivity index (χ1) is 10.9. The van der Waals surface area contributed by atoms with Crippen molar-refractivity contribution >= 4 is 0 Å². The molecule has 0 radical (unpaired) electrons. The Hall–Kier alpha value is -0.980. The maximum Gasteiger partial charge on any atom is 0.115 e. The van der Waals surface area contributed by atoms with Crippen LogP contribution in [0.3, 0.4) is 0 Å². The Kier molecular flexibility index (Phi) is 6.17. The summed E-state index contributed by atoms with van der Waals surface area (Å²) in [7, 11) is 0. The third-order valence-electron chi connectivity index (χ3n) is 6.74. The Morgan fingerprint density at radius 3 is 2.13 bits per heavy atom. The fourth-order valence-corrected chi connectivity index (χ4v) is 4.24. The summed E-state index contributed by atoms with van der Waals surface area (Å²) in [6, 6.07) is 7.91. The minimum absolute atomic E-state index is 0.287. The number of phenols is 1. The van der Waals surface area contributed by atoms with Crippen LogP contribution in [0.15, 0.2) is 24.3 Å². The maximum atomic E-state index is 9.52. The number of hydrogen-bond donors (Lipinski definition) is 1. The van der Waals surface area contributed by atoms with Gasteiger partial charge in [0.1, 0.15) is 5.75 Å². The van der Waals surface area contributed by atoms with E-state index in [-0.39, 0.29) is 5.41 Å². The van der Waals surface area contributed by atoms with Gasteiger partial charge in [0.15, 0.2) is 0 Å². The van der Waals surface area contributed by atoms with Gasteiger partial charge >= 0.3 is 0 Å². The molecule has 1 heteroatoms. The highest BCUT2D eigenvalue weighted by molar-refractivity contribution is 5.31. The molecule has 1 aliphatic rings. The van der Waals surface area contributed by atoms with Gasteiger partial charge in [0.2, 0.25) is 0 Å². The summed E-state index contributed by atoms with van der Waals surface area (Å²) in [5.41, 5.74) is 2.20. The number of hydrogen-bond acceptors (Lipinski definition) is 1. The molecular weight excluding hydrogens is 280 g/mol. The van der Waals surface area contributed by atoms with Gasteiger partial charge in [-0.3, -0.25) is 0 Å². The van der Waals surface area contributed by atoms with Crippen molar-refractivity contribution in [1.29, 1.82) is 0 Å². The lowest BCUT2D eigenvalue weighted by Crippen LogP contribution is -2.37. The summed E-state index contributed by atoms with van der Waals surface area (Å²) in [5.74, 6) is 1.21. The summed E-state index contributed by atoms with van der Waals surface area (Å²) in [6.45, 7) is 9.70. The number of phenolic OH excluding ortho intramolecular Hbond substituents is 1. The van der Waals surface area contributed by atoms with Gasteiger partial charge in [-0.25, -0.2) is 0 Å². The van der Waals surface area contributed by atoms with Crippen LogP contribution in [-0.4, -0.2) is 5.11 Å².